The summed E-state index contributed by atoms with van der Waals surface area (Å²) in [6.45, 7) is 2.95. The van der Waals surface area contributed by atoms with Crippen LogP contribution in [0.15, 0.2) is 42.5 Å². The molecule has 2 aromatic carbocycles. The van der Waals surface area contributed by atoms with Gasteiger partial charge in [0.15, 0.2) is 6.04 Å². The molecule has 0 spiro atoms. The van der Waals surface area contributed by atoms with Gasteiger partial charge in [0.05, 0.1) is 48.3 Å². The van der Waals surface area contributed by atoms with E-state index in [9.17, 15) is 14.0 Å². The van der Waals surface area contributed by atoms with Crippen molar-refractivity contribution in [1.29, 1.82) is 0 Å². The monoisotopic (exact) mass is 422 g/mol. The van der Waals surface area contributed by atoms with E-state index in [4.69, 9.17) is 23.2 Å². The van der Waals surface area contributed by atoms with Gasteiger partial charge in [-0.2, -0.15) is 0 Å². The van der Waals surface area contributed by atoms with Crippen LogP contribution in [0.3, 0.4) is 0 Å². The average Bonchev–Trinajstić information content (AvgIpc) is 2.99. The molecule has 0 unspecified atom stereocenters. The number of quaternary nitrogens is 1. The second-order valence-corrected chi connectivity index (χ2v) is 7.86. The fourth-order valence-electron chi connectivity index (χ4n) is 3.90. The predicted octanol–water partition coefficient (Wildman–Crippen LogP) is 2.17. The molecule has 0 bridgehead atoms. The highest BCUT2D eigenvalue weighted by Crippen LogP contribution is 2.29. The Morgan fingerprint density at radius 1 is 0.929 bits per heavy atom. The van der Waals surface area contributed by atoms with Crippen LogP contribution in [0.25, 0.3) is 0 Å². The lowest BCUT2D eigenvalue weighted by atomic mass is 10.1. The highest BCUT2D eigenvalue weighted by Gasteiger charge is 2.46. The smallest absolute Gasteiger partial charge is 0.292 e. The van der Waals surface area contributed by atoms with E-state index in [1.165, 1.54) is 17.0 Å². The molecule has 2 heterocycles. The molecule has 2 saturated heterocycles. The molecule has 2 amide bonds. The normalized spacial score (nSPS) is 20.9. The second kappa shape index (κ2) is 7.70. The van der Waals surface area contributed by atoms with E-state index in [2.05, 4.69) is 4.90 Å². The lowest BCUT2D eigenvalue weighted by molar-refractivity contribution is -0.915. The van der Waals surface area contributed by atoms with Crippen LogP contribution in [0.2, 0.25) is 10.0 Å². The lowest BCUT2D eigenvalue weighted by Crippen LogP contribution is -3.19. The number of anilines is 2. The molecule has 0 saturated carbocycles. The molecule has 1 N–H and O–H groups in total. The van der Waals surface area contributed by atoms with Crippen molar-refractivity contribution in [3.05, 3.63) is 58.3 Å². The van der Waals surface area contributed by atoms with Crippen molar-refractivity contribution in [2.45, 2.75) is 12.5 Å². The molecular weight excluding hydrogens is 404 g/mol. The summed E-state index contributed by atoms with van der Waals surface area (Å²) in [4.78, 5) is 30.0. The molecule has 4 rings (SSSR count). The van der Waals surface area contributed by atoms with Gasteiger partial charge in [-0.3, -0.25) is 9.59 Å². The van der Waals surface area contributed by atoms with Crippen molar-refractivity contribution in [3.63, 3.8) is 0 Å². The number of imide groups is 1. The number of halogens is 3. The minimum atomic E-state index is -0.391. The summed E-state index contributed by atoms with van der Waals surface area (Å²) < 4.78 is 13.1. The third-order valence-corrected chi connectivity index (χ3v) is 6.14. The Balaban J connectivity index is 1.44. The first-order valence-electron chi connectivity index (χ1n) is 9.11. The molecule has 2 aliphatic heterocycles. The van der Waals surface area contributed by atoms with E-state index in [1.54, 1.807) is 30.3 Å². The number of piperazine rings is 1. The van der Waals surface area contributed by atoms with Gasteiger partial charge >= 0.3 is 0 Å². The van der Waals surface area contributed by atoms with Crippen molar-refractivity contribution >= 4 is 46.4 Å². The Hall–Kier alpha value is -2.15. The number of amides is 2. The van der Waals surface area contributed by atoms with Crippen LogP contribution in [0, 0.1) is 5.82 Å². The van der Waals surface area contributed by atoms with Crippen molar-refractivity contribution in [1.82, 2.24) is 0 Å². The molecule has 2 aliphatic rings. The minimum Gasteiger partial charge on any atom is -0.360 e. The third kappa shape index (κ3) is 3.60. The summed E-state index contributed by atoms with van der Waals surface area (Å²) in [5, 5.41) is 0.687. The van der Waals surface area contributed by atoms with E-state index in [0.717, 1.165) is 36.8 Å². The topological polar surface area (TPSA) is 45.1 Å². The summed E-state index contributed by atoms with van der Waals surface area (Å²) in [7, 11) is 0. The summed E-state index contributed by atoms with van der Waals surface area (Å²) >= 11 is 12.0. The quantitative estimate of drug-likeness (QED) is 0.770. The Morgan fingerprint density at radius 3 is 2.21 bits per heavy atom. The number of nitrogens with one attached hydrogen (secondary N) is 1. The lowest BCUT2D eigenvalue weighted by Gasteiger charge is -2.35. The Labute approximate surface area is 172 Å². The molecule has 28 heavy (non-hydrogen) atoms. The van der Waals surface area contributed by atoms with Crippen LogP contribution in [0.4, 0.5) is 15.8 Å². The summed E-state index contributed by atoms with van der Waals surface area (Å²) in [5.74, 6) is -0.680. The third-order valence-electron chi connectivity index (χ3n) is 5.40. The Bertz CT molecular complexity index is 914. The number of carbonyl (C=O) groups is 2. The van der Waals surface area contributed by atoms with Crippen LogP contribution in [-0.4, -0.2) is 44.0 Å². The zero-order valence-electron chi connectivity index (χ0n) is 15.0. The number of benzene rings is 2. The molecule has 1 atom stereocenters. The van der Waals surface area contributed by atoms with Crippen molar-refractivity contribution in [3.8, 4) is 0 Å². The van der Waals surface area contributed by atoms with Gasteiger partial charge in [0.1, 0.15) is 5.82 Å². The van der Waals surface area contributed by atoms with Gasteiger partial charge in [0.25, 0.3) is 5.91 Å². The number of hydrogen-bond acceptors (Lipinski definition) is 3. The number of rotatable bonds is 3. The van der Waals surface area contributed by atoms with Gasteiger partial charge in [-0.1, -0.05) is 23.2 Å². The van der Waals surface area contributed by atoms with Gasteiger partial charge in [-0.25, -0.2) is 9.29 Å². The maximum absolute atomic E-state index is 13.1. The fraction of sp³-hybridized carbons (Fsp3) is 0.300. The summed E-state index contributed by atoms with van der Waals surface area (Å²) in [6, 6.07) is 10.8. The van der Waals surface area contributed by atoms with E-state index in [1.807, 2.05) is 0 Å². The predicted molar refractivity (Wildman–Crippen MR) is 107 cm³/mol. The molecule has 0 radical (unpaired) electrons. The van der Waals surface area contributed by atoms with Gasteiger partial charge in [-0.15, -0.1) is 0 Å². The first-order chi connectivity index (χ1) is 13.4. The molecule has 146 valence electrons. The highest BCUT2D eigenvalue weighted by molar-refractivity contribution is 6.42. The molecule has 2 aromatic rings. The second-order valence-electron chi connectivity index (χ2n) is 7.04. The largest absolute Gasteiger partial charge is 0.360 e. The summed E-state index contributed by atoms with van der Waals surface area (Å²) in [6.07, 6.45) is 0.185. The van der Waals surface area contributed by atoms with Gasteiger partial charge in [0.2, 0.25) is 5.91 Å². The summed E-state index contributed by atoms with van der Waals surface area (Å²) in [5.41, 5.74) is 1.42. The highest BCUT2D eigenvalue weighted by atomic mass is 35.5. The van der Waals surface area contributed by atoms with E-state index in [0.29, 0.717) is 15.7 Å². The SMILES string of the molecule is O=C1C[C@H]([NH+]2CCN(c3ccc(F)cc3)CC2)C(=O)N1c1ccc(Cl)c(Cl)c1. The number of carbonyl (C=O) groups excluding carboxylic acids is 2. The van der Waals surface area contributed by atoms with Gasteiger partial charge < -0.3 is 9.80 Å². The van der Waals surface area contributed by atoms with Crippen LogP contribution in [-0.2, 0) is 9.59 Å². The Morgan fingerprint density at radius 2 is 1.57 bits per heavy atom. The molecule has 0 aromatic heterocycles. The Kier molecular flexibility index (Phi) is 5.27. The standard InChI is InChI=1S/C20H18Cl2FN3O2/c21-16-6-5-15(11-17(16)22)26-19(27)12-18(20(26)28)25-9-7-24(8-10-25)14-3-1-13(23)2-4-14/h1-6,11,18H,7-10,12H2/p+1/t18-/m0/s1. The minimum absolute atomic E-state index is 0.185. The van der Waals surface area contributed by atoms with Crippen LogP contribution in [0.5, 0.6) is 0 Å². The van der Waals surface area contributed by atoms with Gasteiger partial charge in [0, 0.05) is 5.69 Å². The molecule has 8 heteroatoms. The first kappa shape index (κ1) is 19.2. The molecule has 5 nitrogen and oxygen atoms in total. The fourth-order valence-corrected chi connectivity index (χ4v) is 4.19. The van der Waals surface area contributed by atoms with Crippen molar-refractivity contribution in [2.24, 2.45) is 0 Å². The maximum atomic E-state index is 13.1. The molecule has 2 fully saturated rings. The number of nitrogens with zero attached hydrogens (tertiary/aromatic N) is 2. The van der Waals surface area contributed by atoms with Crippen molar-refractivity contribution < 1.29 is 18.9 Å². The molecular formula is C20H19Cl2FN3O2+. The van der Waals surface area contributed by atoms with Crippen LogP contribution >= 0.6 is 23.2 Å². The molecule has 0 aliphatic carbocycles. The van der Waals surface area contributed by atoms with Crippen LogP contribution in [0.1, 0.15) is 6.42 Å². The van der Waals surface area contributed by atoms with E-state index in [-0.39, 0.29) is 24.1 Å². The first-order valence-corrected chi connectivity index (χ1v) is 9.86. The van der Waals surface area contributed by atoms with Gasteiger partial charge in [-0.05, 0) is 42.5 Å². The van der Waals surface area contributed by atoms with Crippen molar-refractivity contribution in [2.75, 3.05) is 36.0 Å². The number of hydrogen-bond donors (Lipinski definition) is 1. The van der Waals surface area contributed by atoms with E-state index < -0.39 is 6.04 Å². The zero-order valence-corrected chi connectivity index (χ0v) is 16.5. The van der Waals surface area contributed by atoms with Crippen LogP contribution < -0.4 is 14.7 Å². The van der Waals surface area contributed by atoms with E-state index >= 15 is 0 Å². The average molecular weight is 423 g/mol. The zero-order chi connectivity index (χ0) is 19.8. The maximum Gasteiger partial charge on any atom is 0.292 e.